The van der Waals surface area contributed by atoms with Crippen LogP contribution in [0.25, 0.3) is 0 Å². The average Bonchev–Trinajstić information content (AvgIpc) is 3.07. The molecule has 1 saturated heterocycles. The Balaban J connectivity index is 1.28. The SMILES string of the molecule is O=C1CCC(N2Cc3cc(C(=O)Nc4cccc(OC5CCC5)n4)ccc3C2=O)C(=O)N1. The molecule has 2 aromatic rings. The van der Waals surface area contributed by atoms with Crippen LogP contribution in [0.3, 0.4) is 0 Å². The molecule has 5 rings (SSSR count). The van der Waals surface area contributed by atoms with E-state index in [1.54, 1.807) is 36.4 Å². The van der Waals surface area contributed by atoms with Crippen molar-refractivity contribution in [2.45, 2.75) is 50.8 Å². The molecule has 3 aliphatic rings. The molecule has 164 valence electrons. The van der Waals surface area contributed by atoms with Gasteiger partial charge < -0.3 is 15.0 Å². The minimum absolute atomic E-state index is 0.190. The molecule has 9 nitrogen and oxygen atoms in total. The smallest absolute Gasteiger partial charge is 0.256 e. The van der Waals surface area contributed by atoms with E-state index < -0.39 is 11.9 Å². The fourth-order valence-corrected chi connectivity index (χ4v) is 4.11. The number of amides is 4. The molecule has 0 radical (unpaired) electrons. The molecule has 2 aliphatic heterocycles. The van der Waals surface area contributed by atoms with E-state index in [0.717, 1.165) is 19.3 Å². The summed E-state index contributed by atoms with van der Waals surface area (Å²) in [5.74, 6) is -0.557. The molecule has 9 heteroatoms. The lowest BCUT2D eigenvalue weighted by atomic mass is 9.96. The Morgan fingerprint density at radius 3 is 2.72 bits per heavy atom. The number of fused-ring (bicyclic) bond motifs is 1. The number of nitrogens with zero attached hydrogens (tertiary/aromatic N) is 2. The van der Waals surface area contributed by atoms with Crippen LogP contribution >= 0.6 is 0 Å². The summed E-state index contributed by atoms with van der Waals surface area (Å²) in [4.78, 5) is 54.9. The molecule has 3 heterocycles. The molecule has 2 fully saturated rings. The van der Waals surface area contributed by atoms with Crippen molar-refractivity contribution in [1.82, 2.24) is 15.2 Å². The first-order valence-electron chi connectivity index (χ1n) is 10.7. The second-order valence-electron chi connectivity index (χ2n) is 8.26. The summed E-state index contributed by atoms with van der Waals surface area (Å²) >= 11 is 0. The van der Waals surface area contributed by atoms with Gasteiger partial charge in [0.1, 0.15) is 18.0 Å². The second kappa shape index (κ2) is 8.07. The van der Waals surface area contributed by atoms with Gasteiger partial charge >= 0.3 is 0 Å². The number of piperidine rings is 1. The number of carbonyl (C=O) groups is 4. The number of anilines is 1. The van der Waals surface area contributed by atoms with E-state index in [1.165, 1.54) is 4.90 Å². The van der Waals surface area contributed by atoms with Crippen LogP contribution in [0.2, 0.25) is 0 Å². The Morgan fingerprint density at radius 1 is 1.12 bits per heavy atom. The summed E-state index contributed by atoms with van der Waals surface area (Å²) in [6, 6.07) is 9.37. The van der Waals surface area contributed by atoms with Crippen molar-refractivity contribution in [1.29, 1.82) is 0 Å². The minimum Gasteiger partial charge on any atom is -0.474 e. The predicted octanol–water partition coefficient (Wildman–Crippen LogP) is 2.03. The van der Waals surface area contributed by atoms with E-state index in [1.807, 2.05) is 0 Å². The Labute approximate surface area is 184 Å². The van der Waals surface area contributed by atoms with E-state index >= 15 is 0 Å². The second-order valence-corrected chi connectivity index (χ2v) is 8.26. The molecule has 4 amide bonds. The van der Waals surface area contributed by atoms with Crippen molar-refractivity contribution >= 4 is 29.4 Å². The highest BCUT2D eigenvalue weighted by Gasteiger charge is 2.39. The Hall–Kier alpha value is -3.75. The van der Waals surface area contributed by atoms with Gasteiger partial charge in [-0.05, 0) is 55.5 Å². The van der Waals surface area contributed by atoms with Gasteiger partial charge in [-0.15, -0.1) is 0 Å². The maximum atomic E-state index is 12.8. The van der Waals surface area contributed by atoms with Gasteiger partial charge in [0, 0.05) is 30.2 Å². The first kappa shape index (κ1) is 20.2. The number of nitrogens with one attached hydrogen (secondary N) is 2. The molecule has 2 N–H and O–H groups in total. The van der Waals surface area contributed by atoms with Gasteiger partial charge in [0.25, 0.3) is 11.8 Å². The summed E-state index contributed by atoms with van der Waals surface area (Å²) in [7, 11) is 0. The van der Waals surface area contributed by atoms with E-state index in [0.29, 0.717) is 34.8 Å². The van der Waals surface area contributed by atoms with E-state index in [2.05, 4.69) is 15.6 Å². The lowest BCUT2D eigenvalue weighted by molar-refractivity contribution is -0.136. The van der Waals surface area contributed by atoms with Gasteiger partial charge in [0.2, 0.25) is 17.7 Å². The van der Waals surface area contributed by atoms with E-state index in [-0.39, 0.29) is 36.8 Å². The molecule has 1 aliphatic carbocycles. The van der Waals surface area contributed by atoms with Crippen molar-refractivity contribution in [3.63, 3.8) is 0 Å². The van der Waals surface area contributed by atoms with Crippen LogP contribution in [0.4, 0.5) is 5.82 Å². The summed E-state index contributed by atoms with van der Waals surface area (Å²) in [5, 5.41) is 5.05. The quantitative estimate of drug-likeness (QED) is 0.696. The van der Waals surface area contributed by atoms with Gasteiger partial charge in [-0.25, -0.2) is 0 Å². The van der Waals surface area contributed by atoms with Crippen LogP contribution in [0.5, 0.6) is 5.88 Å². The monoisotopic (exact) mass is 434 g/mol. The number of ether oxygens (including phenoxy) is 1. The lowest BCUT2D eigenvalue weighted by Gasteiger charge is -2.29. The number of imide groups is 1. The van der Waals surface area contributed by atoms with Crippen molar-refractivity contribution in [3.8, 4) is 5.88 Å². The molecule has 1 saturated carbocycles. The fourth-order valence-electron chi connectivity index (χ4n) is 4.11. The highest BCUT2D eigenvalue weighted by atomic mass is 16.5. The standard InChI is InChI=1S/C23H22N4O5/c28-19-10-9-17(22(30)26-19)27-12-14-11-13(7-8-16(14)23(27)31)21(29)25-18-5-2-6-20(24-18)32-15-3-1-4-15/h2,5-8,11,15,17H,1,3-4,9-10,12H2,(H,24,25,29)(H,26,28,30). The van der Waals surface area contributed by atoms with Gasteiger partial charge in [0.15, 0.2) is 0 Å². The molecule has 1 aromatic carbocycles. The Kier molecular flexibility index (Phi) is 5.08. The molecular weight excluding hydrogens is 412 g/mol. The summed E-state index contributed by atoms with van der Waals surface area (Å²) in [6.45, 7) is 0.213. The van der Waals surface area contributed by atoms with Gasteiger partial charge in [-0.3, -0.25) is 24.5 Å². The Bertz CT molecular complexity index is 1130. The maximum Gasteiger partial charge on any atom is 0.256 e. The van der Waals surface area contributed by atoms with Crippen molar-refractivity contribution in [2.24, 2.45) is 0 Å². The van der Waals surface area contributed by atoms with E-state index in [4.69, 9.17) is 4.74 Å². The number of rotatable bonds is 5. The highest BCUT2D eigenvalue weighted by Crippen LogP contribution is 2.29. The molecule has 1 aromatic heterocycles. The molecule has 0 spiro atoms. The zero-order valence-electron chi connectivity index (χ0n) is 17.3. The number of pyridine rings is 1. The normalized spacial score (nSPS) is 20.4. The topological polar surface area (TPSA) is 118 Å². The first-order chi connectivity index (χ1) is 15.5. The zero-order chi connectivity index (χ0) is 22.2. The van der Waals surface area contributed by atoms with E-state index in [9.17, 15) is 19.2 Å². The zero-order valence-corrected chi connectivity index (χ0v) is 17.3. The maximum absolute atomic E-state index is 12.8. The number of hydrogen-bond acceptors (Lipinski definition) is 6. The lowest BCUT2D eigenvalue weighted by Crippen LogP contribution is -2.52. The largest absolute Gasteiger partial charge is 0.474 e. The van der Waals surface area contributed by atoms with Gasteiger partial charge in [-0.2, -0.15) is 4.98 Å². The molecule has 1 atom stereocenters. The van der Waals surface area contributed by atoms with Crippen LogP contribution in [0, 0.1) is 0 Å². The third kappa shape index (κ3) is 3.81. The molecule has 0 bridgehead atoms. The molecule has 32 heavy (non-hydrogen) atoms. The summed E-state index contributed by atoms with van der Waals surface area (Å²) in [5.41, 5.74) is 1.51. The van der Waals surface area contributed by atoms with Gasteiger partial charge in [0.05, 0.1) is 0 Å². The highest BCUT2D eigenvalue weighted by molar-refractivity contribution is 6.07. The number of hydrogen-bond donors (Lipinski definition) is 2. The van der Waals surface area contributed by atoms with Crippen LogP contribution < -0.4 is 15.4 Å². The number of benzene rings is 1. The van der Waals surface area contributed by atoms with Crippen LogP contribution in [0.1, 0.15) is 58.4 Å². The van der Waals surface area contributed by atoms with Crippen molar-refractivity contribution < 1.29 is 23.9 Å². The summed E-state index contributed by atoms with van der Waals surface area (Å²) in [6.07, 6.45) is 3.87. The minimum atomic E-state index is -0.688. The number of carbonyl (C=O) groups excluding carboxylic acids is 4. The third-order valence-electron chi connectivity index (χ3n) is 6.09. The summed E-state index contributed by atoms with van der Waals surface area (Å²) < 4.78 is 5.78. The fraction of sp³-hybridized carbons (Fsp3) is 0.348. The van der Waals surface area contributed by atoms with Crippen molar-refractivity contribution in [2.75, 3.05) is 5.32 Å². The van der Waals surface area contributed by atoms with Crippen LogP contribution in [0.15, 0.2) is 36.4 Å². The van der Waals surface area contributed by atoms with Gasteiger partial charge in [-0.1, -0.05) is 6.07 Å². The molecular formula is C23H22N4O5. The van der Waals surface area contributed by atoms with Crippen molar-refractivity contribution in [3.05, 3.63) is 53.1 Å². The van der Waals surface area contributed by atoms with Crippen LogP contribution in [-0.4, -0.2) is 45.7 Å². The Morgan fingerprint density at radius 2 is 1.97 bits per heavy atom. The average molecular weight is 434 g/mol. The predicted molar refractivity (Wildman–Crippen MR) is 113 cm³/mol. The number of aromatic nitrogens is 1. The molecule has 1 unspecified atom stereocenters. The third-order valence-corrected chi connectivity index (χ3v) is 6.09. The van der Waals surface area contributed by atoms with Crippen LogP contribution in [-0.2, 0) is 16.1 Å². The first-order valence-corrected chi connectivity index (χ1v) is 10.7.